The van der Waals surface area contributed by atoms with Gasteiger partial charge >= 0.3 is 0 Å². The monoisotopic (exact) mass is 456 g/mol. The Hall–Kier alpha value is -3.75. The first-order chi connectivity index (χ1) is 16.8. The quantitative estimate of drug-likeness (QED) is 0.421. The molecule has 1 aliphatic rings. The van der Waals surface area contributed by atoms with Gasteiger partial charge in [-0.15, -0.1) is 0 Å². The lowest BCUT2D eigenvalue weighted by Gasteiger charge is -2.26. The molecule has 174 valence electrons. The van der Waals surface area contributed by atoms with Crippen molar-refractivity contribution in [2.75, 3.05) is 43.5 Å². The molecule has 2 N–H and O–H groups in total. The van der Waals surface area contributed by atoms with Crippen LogP contribution in [0.3, 0.4) is 0 Å². The molecule has 1 aromatic carbocycles. The minimum atomic E-state index is -0.198. The molecule has 1 aliphatic heterocycles. The Bertz CT molecular complexity index is 1250. The SMILES string of the molecule is O=C(Nc1ccc2ccn(CCN3CCOCC3)c2c1)c1cccnc1NCc1ccncc1. The van der Waals surface area contributed by atoms with Gasteiger partial charge in [0.15, 0.2) is 0 Å². The van der Waals surface area contributed by atoms with Crippen molar-refractivity contribution in [3.8, 4) is 0 Å². The van der Waals surface area contributed by atoms with E-state index in [1.54, 1.807) is 30.7 Å². The van der Waals surface area contributed by atoms with Crippen molar-refractivity contribution in [3.05, 3.63) is 84.4 Å². The molecule has 0 spiro atoms. The summed E-state index contributed by atoms with van der Waals surface area (Å²) in [7, 11) is 0. The van der Waals surface area contributed by atoms with Crippen LogP contribution in [0, 0.1) is 0 Å². The van der Waals surface area contributed by atoms with Crippen LogP contribution in [0.15, 0.2) is 73.3 Å². The summed E-state index contributed by atoms with van der Waals surface area (Å²) >= 11 is 0. The van der Waals surface area contributed by atoms with Gasteiger partial charge in [0, 0.05) is 63.2 Å². The highest BCUT2D eigenvalue weighted by atomic mass is 16.5. The largest absolute Gasteiger partial charge is 0.379 e. The topological polar surface area (TPSA) is 84.3 Å². The van der Waals surface area contributed by atoms with E-state index in [1.165, 1.54) is 0 Å². The van der Waals surface area contributed by atoms with Gasteiger partial charge in [-0.05, 0) is 53.4 Å². The van der Waals surface area contributed by atoms with Crippen LogP contribution in [-0.2, 0) is 17.8 Å². The first-order valence-corrected chi connectivity index (χ1v) is 11.5. The molecule has 0 atom stereocenters. The fourth-order valence-electron chi connectivity index (χ4n) is 4.14. The van der Waals surface area contributed by atoms with Gasteiger partial charge in [-0.2, -0.15) is 0 Å². The summed E-state index contributed by atoms with van der Waals surface area (Å²) in [6.45, 7) is 5.99. The van der Waals surface area contributed by atoms with Crippen molar-refractivity contribution >= 4 is 28.3 Å². The predicted molar refractivity (Wildman–Crippen MR) is 133 cm³/mol. The first kappa shape index (κ1) is 22.1. The van der Waals surface area contributed by atoms with Crippen molar-refractivity contribution in [1.82, 2.24) is 19.4 Å². The minimum absolute atomic E-state index is 0.198. The number of hydrogen-bond donors (Lipinski definition) is 2. The third-order valence-corrected chi connectivity index (χ3v) is 6.05. The van der Waals surface area contributed by atoms with Crippen LogP contribution in [0.4, 0.5) is 11.5 Å². The number of nitrogens with zero attached hydrogens (tertiary/aromatic N) is 4. The predicted octanol–water partition coefficient (Wildman–Crippen LogP) is 3.63. The zero-order valence-corrected chi connectivity index (χ0v) is 19.0. The highest BCUT2D eigenvalue weighted by Crippen LogP contribution is 2.22. The van der Waals surface area contributed by atoms with Crippen molar-refractivity contribution in [2.45, 2.75) is 13.1 Å². The molecular formula is C26H28N6O2. The zero-order valence-electron chi connectivity index (χ0n) is 19.0. The van der Waals surface area contributed by atoms with E-state index in [4.69, 9.17) is 4.74 Å². The molecule has 4 heterocycles. The number of aromatic nitrogens is 3. The summed E-state index contributed by atoms with van der Waals surface area (Å²) in [5, 5.41) is 7.46. The van der Waals surface area contributed by atoms with Gasteiger partial charge in [0.25, 0.3) is 5.91 Å². The van der Waals surface area contributed by atoms with E-state index in [-0.39, 0.29) is 5.91 Å². The van der Waals surface area contributed by atoms with Crippen molar-refractivity contribution < 1.29 is 9.53 Å². The summed E-state index contributed by atoms with van der Waals surface area (Å²) in [6.07, 6.45) is 7.28. The molecule has 3 aromatic heterocycles. The molecule has 34 heavy (non-hydrogen) atoms. The van der Waals surface area contributed by atoms with E-state index in [9.17, 15) is 4.79 Å². The normalized spacial score (nSPS) is 14.2. The number of fused-ring (bicyclic) bond motifs is 1. The van der Waals surface area contributed by atoms with E-state index < -0.39 is 0 Å². The number of carbonyl (C=O) groups excluding carboxylic acids is 1. The van der Waals surface area contributed by atoms with Crippen LogP contribution in [0.1, 0.15) is 15.9 Å². The van der Waals surface area contributed by atoms with E-state index >= 15 is 0 Å². The van der Waals surface area contributed by atoms with E-state index in [2.05, 4.69) is 42.3 Å². The number of amides is 1. The summed E-state index contributed by atoms with van der Waals surface area (Å²) in [5.74, 6) is 0.350. The fourth-order valence-corrected chi connectivity index (χ4v) is 4.14. The summed E-state index contributed by atoms with van der Waals surface area (Å²) in [6, 6.07) is 15.5. The Morgan fingerprint density at radius 1 is 1.00 bits per heavy atom. The number of carbonyl (C=O) groups is 1. The van der Waals surface area contributed by atoms with Gasteiger partial charge in [0.1, 0.15) is 5.82 Å². The second-order valence-electron chi connectivity index (χ2n) is 8.30. The standard InChI is InChI=1S/C26H28N6O2/c33-26(23-2-1-8-28-25(23)29-19-20-5-9-27-10-6-20)30-22-4-3-21-7-11-32(24(21)18-22)13-12-31-14-16-34-17-15-31/h1-11,18H,12-17,19H2,(H,28,29)(H,30,33). The Morgan fingerprint density at radius 2 is 1.85 bits per heavy atom. The van der Waals surface area contributed by atoms with Crippen molar-refractivity contribution in [2.24, 2.45) is 0 Å². The molecule has 0 radical (unpaired) electrons. The van der Waals surface area contributed by atoms with Crippen LogP contribution in [0.25, 0.3) is 10.9 Å². The number of anilines is 2. The molecular weight excluding hydrogens is 428 g/mol. The lowest BCUT2D eigenvalue weighted by atomic mass is 10.2. The Labute approximate surface area is 198 Å². The van der Waals surface area contributed by atoms with Crippen LogP contribution in [-0.4, -0.2) is 58.2 Å². The highest BCUT2D eigenvalue weighted by Gasteiger charge is 2.14. The molecule has 0 unspecified atom stereocenters. The van der Waals surface area contributed by atoms with Crippen molar-refractivity contribution in [3.63, 3.8) is 0 Å². The van der Waals surface area contributed by atoms with E-state index in [1.807, 2.05) is 30.3 Å². The molecule has 8 heteroatoms. The number of nitrogens with one attached hydrogen (secondary N) is 2. The summed E-state index contributed by atoms with van der Waals surface area (Å²) in [5.41, 5.74) is 3.43. The fraction of sp³-hybridized carbons (Fsp3) is 0.269. The minimum Gasteiger partial charge on any atom is -0.379 e. The third kappa shape index (κ3) is 5.24. The smallest absolute Gasteiger partial charge is 0.259 e. The zero-order chi connectivity index (χ0) is 23.2. The van der Waals surface area contributed by atoms with Gasteiger partial charge in [-0.25, -0.2) is 4.98 Å². The van der Waals surface area contributed by atoms with Crippen LogP contribution < -0.4 is 10.6 Å². The molecule has 0 bridgehead atoms. The second kappa shape index (κ2) is 10.5. The average Bonchev–Trinajstić information content (AvgIpc) is 3.30. The lowest BCUT2D eigenvalue weighted by molar-refractivity contribution is 0.0365. The maximum atomic E-state index is 13.1. The van der Waals surface area contributed by atoms with Crippen LogP contribution >= 0.6 is 0 Å². The molecule has 1 fully saturated rings. The molecule has 1 amide bonds. The van der Waals surface area contributed by atoms with E-state index in [0.29, 0.717) is 17.9 Å². The summed E-state index contributed by atoms with van der Waals surface area (Å²) < 4.78 is 7.68. The van der Waals surface area contributed by atoms with Gasteiger partial charge in [-0.3, -0.25) is 14.7 Å². The number of benzene rings is 1. The Morgan fingerprint density at radius 3 is 2.71 bits per heavy atom. The molecule has 0 saturated carbocycles. The highest BCUT2D eigenvalue weighted by molar-refractivity contribution is 6.08. The van der Waals surface area contributed by atoms with Crippen molar-refractivity contribution in [1.29, 1.82) is 0 Å². The molecule has 5 rings (SSSR count). The van der Waals surface area contributed by atoms with Crippen LogP contribution in [0.5, 0.6) is 0 Å². The number of pyridine rings is 2. The molecule has 0 aliphatic carbocycles. The first-order valence-electron chi connectivity index (χ1n) is 11.5. The number of rotatable bonds is 8. The van der Waals surface area contributed by atoms with Gasteiger partial charge in [0.05, 0.1) is 24.3 Å². The van der Waals surface area contributed by atoms with Gasteiger partial charge in [0.2, 0.25) is 0 Å². The number of hydrogen-bond acceptors (Lipinski definition) is 6. The molecule has 4 aromatic rings. The van der Waals surface area contributed by atoms with Gasteiger partial charge < -0.3 is 19.9 Å². The number of morpholine rings is 1. The van der Waals surface area contributed by atoms with Crippen LogP contribution in [0.2, 0.25) is 0 Å². The Kier molecular flexibility index (Phi) is 6.78. The maximum absolute atomic E-state index is 13.1. The number of ether oxygens (including phenoxy) is 1. The molecule has 1 saturated heterocycles. The lowest BCUT2D eigenvalue weighted by Crippen LogP contribution is -2.38. The molecule has 8 nitrogen and oxygen atoms in total. The Balaban J connectivity index is 1.28. The maximum Gasteiger partial charge on any atom is 0.259 e. The average molecular weight is 457 g/mol. The summed E-state index contributed by atoms with van der Waals surface area (Å²) in [4.78, 5) is 23.9. The van der Waals surface area contributed by atoms with Gasteiger partial charge in [-0.1, -0.05) is 6.07 Å². The van der Waals surface area contributed by atoms with E-state index in [0.717, 1.165) is 61.5 Å². The third-order valence-electron chi connectivity index (χ3n) is 6.05. The second-order valence-corrected chi connectivity index (χ2v) is 8.30.